The summed E-state index contributed by atoms with van der Waals surface area (Å²) in [7, 11) is 1.87. The first-order valence-corrected chi connectivity index (χ1v) is 8.35. The average Bonchev–Trinajstić information content (AvgIpc) is 3.20. The van der Waals surface area contributed by atoms with Crippen molar-refractivity contribution >= 4 is 11.7 Å². The highest BCUT2D eigenvalue weighted by Crippen LogP contribution is 2.33. The number of amides is 1. The van der Waals surface area contributed by atoms with Gasteiger partial charge in [-0.1, -0.05) is 0 Å². The Morgan fingerprint density at radius 3 is 2.38 bits per heavy atom. The molecule has 2 aliphatic rings. The van der Waals surface area contributed by atoms with Crippen molar-refractivity contribution in [3.8, 4) is 0 Å². The van der Waals surface area contributed by atoms with Gasteiger partial charge in [-0.2, -0.15) is 5.10 Å². The van der Waals surface area contributed by atoms with Crippen LogP contribution >= 0.6 is 0 Å². The van der Waals surface area contributed by atoms with E-state index >= 15 is 0 Å². The molecular formula is C17H22N6O. The summed E-state index contributed by atoms with van der Waals surface area (Å²) in [5.74, 6) is 2.07. The summed E-state index contributed by atoms with van der Waals surface area (Å²) in [4.78, 5) is 25.5. The van der Waals surface area contributed by atoms with Crippen LogP contribution in [-0.2, 0) is 7.05 Å². The van der Waals surface area contributed by atoms with E-state index in [1.54, 1.807) is 11.0 Å². The SMILES string of the molecule is Cc1cc(N2CC3CN(C(=O)c4cc(C)n(C)n4)CC3C2)ncn1. The monoisotopic (exact) mass is 326 g/mol. The minimum atomic E-state index is 0.0533. The minimum absolute atomic E-state index is 0.0533. The first-order chi connectivity index (χ1) is 11.5. The third-order valence-corrected chi connectivity index (χ3v) is 5.22. The van der Waals surface area contributed by atoms with E-state index in [2.05, 4.69) is 20.0 Å². The highest BCUT2D eigenvalue weighted by molar-refractivity contribution is 5.92. The summed E-state index contributed by atoms with van der Waals surface area (Å²) in [6.07, 6.45) is 1.62. The van der Waals surface area contributed by atoms with Crippen LogP contribution in [0.15, 0.2) is 18.5 Å². The Balaban J connectivity index is 1.43. The van der Waals surface area contributed by atoms with Crippen LogP contribution in [0.1, 0.15) is 21.9 Å². The molecule has 2 fully saturated rings. The number of rotatable bonds is 2. The lowest BCUT2D eigenvalue weighted by Gasteiger charge is -2.22. The molecule has 4 rings (SSSR count). The van der Waals surface area contributed by atoms with E-state index in [1.807, 2.05) is 37.9 Å². The van der Waals surface area contributed by atoms with Crippen LogP contribution in [0.2, 0.25) is 0 Å². The fourth-order valence-electron chi connectivity index (χ4n) is 3.79. The number of carbonyl (C=O) groups excluding carboxylic acids is 1. The Labute approximate surface area is 141 Å². The van der Waals surface area contributed by atoms with E-state index in [-0.39, 0.29) is 5.91 Å². The van der Waals surface area contributed by atoms with Crippen molar-refractivity contribution in [1.82, 2.24) is 24.6 Å². The fraction of sp³-hybridized carbons (Fsp3) is 0.529. The second-order valence-electron chi connectivity index (χ2n) is 6.95. The molecule has 126 valence electrons. The largest absolute Gasteiger partial charge is 0.356 e. The van der Waals surface area contributed by atoms with E-state index in [0.29, 0.717) is 17.5 Å². The van der Waals surface area contributed by atoms with Gasteiger partial charge in [-0.05, 0) is 19.9 Å². The van der Waals surface area contributed by atoms with Crippen LogP contribution in [0.4, 0.5) is 5.82 Å². The zero-order valence-corrected chi connectivity index (χ0v) is 14.3. The van der Waals surface area contributed by atoms with Crippen LogP contribution in [0.3, 0.4) is 0 Å². The van der Waals surface area contributed by atoms with Gasteiger partial charge < -0.3 is 9.80 Å². The third-order valence-electron chi connectivity index (χ3n) is 5.22. The molecule has 0 aromatic carbocycles. The Hall–Kier alpha value is -2.44. The van der Waals surface area contributed by atoms with Crippen LogP contribution < -0.4 is 4.90 Å². The van der Waals surface area contributed by atoms with E-state index in [1.165, 1.54) is 0 Å². The number of aryl methyl sites for hydroxylation is 3. The molecule has 2 aromatic rings. The molecule has 7 nitrogen and oxygen atoms in total. The van der Waals surface area contributed by atoms with Crippen molar-refractivity contribution in [1.29, 1.82) is 0 Å². The molecule has 7 heteroatoms. The topological polar surface area (TPSA) is 67.2 Å². The van der Waals surface area contributed by atoms with Crippen LogP contribution in [-0.4, -0.2) is 56.7 Å². The predicted molar refractivity (Wildman–Crippen MR) is 89.8 cm³/mol. The average molecular weight is 326 g/mol. The standard InChI is InChI=1S/C17H22N6O/c1-11-4-16(19-10-18-11)22-6-13-8-23(9-14(13)7-22)17(24)15-5-12(2)21(3)20-15/h4-5,10,13-14H,6-9H2,1-3H3. The van der Waals surface area contributed by atoms with Gasteiger partial charge in [0, 0.05) is 62.5 Å². The number of likely N-dealkylation sites (tertiary alicyclic amines) is 1. The van der Waals surface area contributed by atoms with Gasteiger partial charge in [0.15, 0.2) is 5.69 Å². The van der Waals surface area contributed by atoms with E-state index in [0.717, 1.165) is 43.4 Å². The van der Waals surface area contributed by atoms with Crippen molar-refractivity contribution in [2.24, 2.45) is 18.9 Å². The Morgan fingerprint density at radius 1 is 1.08 bits per heavy atom. The maximum atomic E-state index is 12.7. The summed E-state index contributed by atoms with van der Waals surface area (Å²) < 4.78 is 1.75. The van der Waals surface area contributed by atoms with E-state index in [4.69, 9.17) is 0 Å². The van der Waals surface area contributed by atoms with E-state index in [9.17, 15) is 4.79 Å². The number of fused-ring (bicyclic) bond motifs is 1. The molecule has 2 atom stereocenters. The fourth-order valence-corrected chi connectivity index (χ4v) is 3.79. The molecule has 0 aliphatic carbocycles. The molecule has 2 aromatic heterocycles. The zero-order valence-electron chi connectivity index (χ0n) is 14.3. The van der Waals surface area contributed by atoms with Gasteiger partial charge in [0.25, 0.3) is 5.91 Å². The second kappa shape index (κ2) is 5.58. The molecular weight excluding hydrogens is 304 g/mol. The molecule has 0 N–H and O–H groups in total. The second-order valence-corrected chi connectivity index (χ2v) is 6.95. The van der Waals surface area contributed by atoms with Gasteiger partial charge >= 0.3 is 0 Å². The molecule has 1 amide bonds. The molecule has 2 aliphatic heterocycles. The van der Waals surface area contributed by atoms with Gasteiger partial charge in [0.1, 0.15) is 12.1 Å². The lowest BCUT2D eigenvalue weighted by molar-refractivity contribution is 0.0776. The molecule has 0 bridgehead atoms. The highest BCUT2D eigenvalue weighted by Gasteiger charge is 2.42. The minimum Gasteiger partial charge on any atom is -0.356 e. The smallest absolute Gasteiger partial charge is 0.274 e. The maximum Gasteiger partial charge on any atom is 0.274 e. The molecule has 0 saturated carbocycles. The van der Waals surface area contributed by atoms with Crippen molar-refractivity contribution in [2.75, 3.05) is 31.1 Å². The Morgan fingerprint density at radius 2 is 1.79 bits per heavy atom. The third kappa shape index (κ3) is 2.53. The van der Waals surface area contributed by atoms with Crippen molar-refractivity contribution in [2.45, 2.75) is 13.8 Å². The summed E-state index contributed by atoms with van der Waals surface area (Å²) in [6, 6.07) is 3.90. The predicted octanol–water partition coefficient (Wildman–Crippen LogP) is 1.04. The number of hydrogen-bond donors (Lipinski definition) is 0. The summed E-state index contributed by atoms with van der Waals surface area (Å²) in [5.41, 5.74) is 2.54. The van der Waals surface area contributed by atoms with Crippen LogP contribution in [0, 0.1) is 25.7 Å². The summed E-state index contributed by atoms with van der Waals surface area (Å²) in [6.45, 7) is 7.46. The van der Waals surface area contributed by atoms with Crippen LogP contribution in [0.25, 0.3) is 0 Å². The number of aromatic nitrogens is 4. The quantitative estimate of drug-likeness (QED) is 0.825. The lowest BCUT2D eigenvalue weighted by Crippen LogP contribution is -2.33. The van der Waals surface area contributed by atoms with Crippen LogP contribution in [0.5, 0.6) is 0 Å². The highest BCUT2D eigenvalue weighted by atomic mass is 16.2. The van der Waals surface area contributed by atoms with Gasteiger partial charge in [-0.15, -0.1) is 0 Å². The van der Waals surface area contributed by atoms with Gasteiger partial charge in [0.05, 0.1) is 0 Å². The van der Waals surface area contributed by atoms with Gasteiger partial charge in [-0.25, -0.2) is 9.97 Å². The molecule has 0 spiro atoms. The lowest BCUT2D eigenvalue weighted by atomic mass is 10.0. The first-order valence-electron chi connectivity index (χ1n) is 8.35. The zero-order chi connectivity index (χ0) is 16.8. The number of nitrogens with zero attached hydrogens (tertiary/aromatic N) is 6. The van der Waals surface area contributed by atoms with Crippen molar-refractivity contribution in [3.63, 3.8) is 0 Å². The van der Waals surface area contributed by atoms with E-state index < -0.39 is 0 Å². The molecule has 2 unspecified atom stereocenters. The molecule has 4 heterocycles. The van der Waals surface area contributed by atoms with Crippen molar-refractivity contribution in [3.05, 3.63) is 35.5 Å². The number of hydrogen-bond acceptors (Lipinski definition) is 5. The number of anilines is 1. The summed E-state index contributed by atoms with van der Waals surface area (Å²) in [5, 5.41) is 4.32. The number of carbonyl (C=O) groups is 1. The Kier molecular flexibility index (Phi) is 3.51. The maximum absolute atomic E-state index is 12.7. The molecule has 24 heavy (non-hydrogen) atoms. The normalized spacial score (nSPS) is 23.0. The Bertz CT molecular complexity index is 752. The molecule has 0 radical (unpaired) electrons. The molecule has 2 saturated heterocycles. The first kappa shape index (κ1) is 15.1. The van der Waals surface area contributed by atoms with Gasteiger partial charge in [0.2, 0.25) is 0 Å². The van der Waals surface area contributed by atoms with Crippen molar-refractivity contribution < 1.29 is 4.79 Å². The summed E-state index contributed by atoms with van der Waals surface area (Å²) >= 11 is 0. The van der Waals surface area contributed by atoms with Gasteiger partial charge in [-0.3, -0.25) is 9.48 Å².